The molecule has 1 fully saturated rings. The van der Waals surface area contributed by atoms with E-state index in [1.807, 2.05) is 4.90 Å². The lowest BCUT2D eigenvalue weighted by Gasteiger charge is -2.34. The van der Waals surface area contributed by atoms with Crippen molar-refractivity contribution in [3.8, 4) is 11.4 Å². The van der Waals surface area contributed by atoms with Gasteiger partial charge in [0.1, 0.15) is 5.82 Å². The maximum Gasteiger partial charge on any atom is 0.416 e. The van der Waals surface area contributed by atoms with Gasteiger partial charge in [-0.2, -0.15) is 18.2 Å². The molecule has 0 unspecified atom stereocenters. The number of rotatable bonds is 5. The minimum absolute atomic E-state index is 0.0602. The van der Waals surface area contributed by atoms with Crippen molar-refractivity contribution in [1.82, 2.24) is 19.9 Å². The van der Waals surface area contributed by atoms with Gasteiger partial charge in [0.05, 0.1) is 17.8 Å². The molecule has 0 bridgehead atoms. The molecule has 2 heterocycles. The predicted octanol–water partition coefficient (Wildman–Crippen LogP) is 3.81. The van der Waals surface area contributed by atoms with Crippen LogP contribution in [-0.4, -0.2) is 57.9 Å². The molecule has 184 valence electrons. The summed E-state index contributed by atoms with van der Waals surface area (Å²) in [5.41, 5.74) is -0.406. The fourth-order valence-corrected chi connectivity index (χ4v) is 3.70. The first-order valence-corrected chi connectivity index (χ1v) is 10.7. The highest BCUT2D eigenvalue weighted by atomic mass is 19.4. The Labute approximate surface area is 197 Å². The highest BCUT2D eigenvalue weighted by Crippen LogP contribution is 2.31. The molecule has 0 atom stereocenters. The first kappa shape index (κ1) is 24.3. The van der Waals surface area contributed by atoms with Gasteiger partial charge in [0.15, 0.2) is 0 Å². The van der Waals surface area contributed by atoms with Crippen molar-refractivity contribution in [1.29, 1.82) is 0 Å². The molecule has 1 aliphatic rings. The van der Waals surface area contributed by atoms with E-state index in [9.17, 15) is 27.2 Å². The number of aromatic nitrogens is 2. The zero-order chi connectivity index (χ0) is 25.2. The number of nitrogens with zero attached hydrogens (tertiary/aromatic N) is 4. The van der Waals surface area contributed by atoms with Gasteiger partial charge in [-0.3, -0.25) is 14.5 Å². The van der Waals surface area contributed by atoms with E-state index in [0.717, 1.165) is 18.2 Å². The highest BCUT2D eigenvalue weighted by Gasteiger charge is 2.31. The summed E-state index contributed by atoms with van der Waals surface area (Å²) >= 11 is 0. The number of amides is 2. The van der Waals surface area contributed by atoms with Gasteiger partial charge in [0.25, 0.3) is 5.91 Å². The fraction of sp³-hybridized carbons (Fsp3) is 0.304. The number of carbonyl (C=O) groups excluding carboxylic acids is 2. The number of hydrogen-bond acceptors (Lipinski definition) is 6. The van der Waals surface area contributed by atoms with Crippen LogP contribution in [0.5, 0.6) is 0 Å². The molecule has 1 N–H and O–H groups in total. The van der Waals surface area contributed by atoms with Crippen molar-refractivity contribution < 1.29 is 31.7 Å². The zero-order valence-electron chi connectivity index (χ0n) is 18.6. The predicted molar refractivity (Wildman–Crippen MR) is 117 cm³/mol. The average molecular weight is 491 g/mol. The van der Waals surface area contributed by atoms with Gasteiger partial charge in [-0.1, -0.05) is 17.3 Å². The standard InChI is InChI=1S/C23H21F4N5O3/c1-14(33)28-19-12-16(5-6-18(19)24)22(34)32-9-7-31(8-10-32)13-20-29-21(30-35-20)15-3-2-4-17(11-15)23(25,26)27/h2-6,11-12H,7-10,13H2,1H3,(H,28,33). The molecule has 8 nitrogen and oxygen atoms in total. The van der Waals surface area contributed by atoms with E-state index in [4.69, 9.17) is 4.52 Å². The summed E-state index contributed by atoms with van der Waals surface area (Å²) in [6.45, 7) is 3.29. The van der Waals surface area contributed by atoms with Crippen LogP contribution in [0.25, 0.3) is 11.4 Å². The van der Waals surface area contributed by atoms with Crippen LogP contribution in [0, 0.1) is 5.82 Å². The smallest absolute Gasteiger partial charge is 0.338 e. The van der Waals surface area contributed by atoms with Gasteiger partial charge in [0, 0.05) is 44.2 Å². The van der Waals surface area contributed by atoms with Crippen LogP contribution in [0.3, 0.4) is 0 Å². The maximum absolute atomic E-state index is 13.9. The lowest BCUT2D eigenvalue weighted by Crippen LogP contribution is -2.48. The number of hydrogen-bond donors (Lipinski definition) is 1. The molecule has 2 aromatic carbocycles. The number of benzene rings is 2. The molecule has 0 spiro atoms. The molecule has 12 heteroatoms. The third-order valence-corrected chi connectivity index (χ3v) is 5.46. The SMILES string of the molecule is CC(=O)Nc1cc(C(=O)N2CCN(Cc3nc(-c4cccc(C(F)(F)F)c4)no3)CC2)ccc1F. The van der Waals surface area contributed by atoms with Gasteiger partial charge >= 0.3 is 6.18 Å². The Morgan fingerprint density at radius 2 is 1.83 bits per heavy atom. The summed E-state index contributed by atoms with van der Waals surface area (Å²) in [7, 11) is 0. The van der Waals surface area contributed by atoms with Crippen LogP contribution in [-0.2, 0) is 17.5 Å². The van der Waals surface area contributed by atoms with Crippen molar-refractivity contribution in [2.24, 2.45) is 0 Å². The molecule has 1 aliphatic heterocycles. The van der Waals surface area contributed by atoms with Crippen LogP contribution >= 0.6 is 0 Å². The highest BCUT2D eigenvalue weighted by molar-refractivity contribution is 5.97. The molecule has 3 aromatic rings. The summed E-state index contributed by atoms with van der Waals surface area (Å²) in [4.78, 5) is 31.8. The van der Waals surface area contributed by atoms with Crippen molar-refractivity contribution in [3.63, 3.8) is 0 Å². The third-order valence-electron chi connectivity index (χ3n) is 5.46. The molecular weight excluding hydrogens is 470 g/mol. The average Bonchev–Trinajstić information content (AvgIpc) is 3.28. The second kappa shape index (κ2) is 9.82. The summed E-state index contributed by atoms with van der Waals surface area (Å²) in [5.74, 6) is -1.06. The first-order valence-electron chi connectivity index (χ1n) is 10.7. The van der Waals surface area contributed by atoms with E-state index in [0.29, 0.717) is 26.2 Å². The molecule has 4 rings (SSSR count). The lowest BCUT2D eigenvalue weighted by atomic mass is 10.1. The monoisotopic (exact) mass is 491 g/mol. The van der Waals surface area contributed by atoms with Crippen LogP contribution < -0.4 is 5.32 Å². The van der Waals surface area contributed by atoms with E-state index < -0.39 is 23.5 Å². The van der Waals surface area contributed by atoms with E-state index in [1.165, 1.54) is 31.2 Å². The number of piperazine rings is 1. The van der Waals surface area contributed by atoms with Gasteiger partial charge in [0.2, 0.25) is 17.6 Å². The minimum Gasteiger partial charge on any atom is -0.338 e. The van der Waals surface area contributed by atoms with Crippen LogP contribution in [0.15, 0.2) is 47.0 Å². The quantitative estimate of drug-likeness (QED) is 0.546. The Kier molecular flexibility index (Phi) is 6.83. The molecule has 2 amide bonds. The molecule has 35 heavy (non-hydrogen) atoms. The van der Waals surface area contributed by atoms with Crippen LogP contribution in [0.2, 0.25) is 0 Å². The maximum atomic E-state index is 13.9. The first-order chi connectivity index (χ1) is 16.6. The Hall–Kier alpha value is -3.80. The Morgan fingerprint density at radius 3 is 2.51 bits per heavy atom. The Balaban J connectivity index is 1.35. The van der Waals surface area contributed by atoms with Crippen molar-refractivity contribution in [2.45, 2.75) is 19.6 Å². The molecule has 1 saturated heterocycles. The molecule has 0 aliphatic carbocycles. The molecule has 1 aromatic heterocycles. The van der Waals surface area contributed by atoms with Gasteiger partial charge in [-0.05, 0) is 30.3 Å². The summed E-state index contributed by atoms with van der Waals surface area (Å²) < 4.78 is 57.9. The zero-order valence-corrected chi connectivity index (χ0v) is 18.6. The topological polar surface area (TPSA) is 91.6 Å². The minimum atomic E-state index is -4.47. The summed E-state index contributed by atoms with van der Waals surface area (Å²) in [6, 6.07) is 8.49. The largest absolute Gasteiger partial charge is 0.416 e. The molecule has 0 radical (unpaired) electrons. The third kappa shape index (κ3) is 5.83. The van der Waals surface area contributed by atoms with Crippen molar-refractivity contribution in [2.75, 3.05) is 31.5 Å². The fourth-order valence-electron chi connectivity index (χ4n) is 3.70. The van der Waals surface area contributed by atoms with E-state index >= 15 is 0 Å². The summed E-state index contributed by atoms with van der Waals surface area (Å²) in [5, 5.41) is 6.15. The van der Waals surface area contributed by atoms with E-state index in [2.05, 4.69) is 15.5 Å². The van der Waals surface area contributed by atoms with Crippen LogP contribution in [0.4, 0.5) is 23.2 Å². The van der Waals surface area contributed by atoms with Crippen molar-refractivity contribution >= 4 is 17.5 Å². The number of anilines is 1. The lowest BCUT2D eigenvalue weighted by molar-refractivity contribution is -0.137. The molecule has 0 saturated carbocycles. The number of halogens is 4. The van der Waals surface area contributed by atoms with Crippen molar-refractivity contribution in [3.05, 3.63) is 65.3 Å². The summed E-state index contributed by atoms with van der Waals surface area (Å²) in [6.07, 6.45) is -4.47. The molecular formula is C23H21F4N5O3. The van der Waals surface area contributed by atoms with Gasteiger partial charge in [-0.25, -0.2) is 4.39 Å². The van der Waals surface area contributed by atoms with E-state index in [1.54, 1.807) is 4.90 Å². The Morgan fingerprint density at radius 1 is 1.09 bits per heavy atom. The normalized spacial score (nSPS) is 14.7. The number of carbonyl (C=O) groups is 2. The van der Waals surface area contributed by atoms with Crippen LogP contribution in [0.1, 0.15) is 28.7 Å². The Bertz CT molecular complexity index is 1240. The van der Waals surface area contributed by atoms with E-state index in [-0.39, 0.29) is 41.0 Å². The van der Waals surface area contributed by atoms with Gasteiger partial charge < -0.3 is 14.7 Å². The van der Waals surface area contributed by atoms with Gasteiger partial charge in [-0.15, -0.1) is 0 Å². The second-order valence-electron chi connectivity index (χ2n) is 8.03. The second-order valence-corrected chi connectivity index (χ2v) is 8.03. The number of nitrogens with one attached hydrogen (secondary N) is 1. The number of alkyl halides is 3.